The monoisotopic (exact) mass is 318 g/mol. The fourth-order valence-electron chi connectivity index (χ4n) is 2.78. The van der Waals surface area contributed by atoms with E-state index in [-0.39, 0.29) is 17.2 Å². The van der Waals surface area contributed by atoms with Crippen molar-refractivity contribution in [1.29, 1.82) is 0 Å². The van der Waals surface area contributed by atoms with Crippen LogP contribution in [0.1, 0.15) is 34.3 Å². The van der Waals surface area contributed by atoms with Crippen molar-refractivity contribution in [2.24, 2.45) is 0 Å². The van der Waals surface area contributed by atoms with Gasteiger partial charge < -0.3 is 10.2 Å². The number of carbonyl (C=O) groups is 1. The van der Waals surface area contributed by atoms with Crippen molar-refractivity contribution < 1.29 is 15.0 Å². The van der Waals surface area contributed by atoms with Crippen LogP contribution < -0.4 is 0 Å². The number of carboxylic acids is 1. The lowest BCUT2D eigenvalue weighted by Crippen LogP contribution is -2.01. The maximum Gasteiger partial charge on any atom is 0.339 e. The molecule has 0 bridgehead atoms. The molecule has 0 aliphatic heterocycles. The summed E-state index contributed by atoms with van der Waals surface area (Å²) in [6.45, 7) is 2.02. The average molecular weight is 318 g/mol. The first-order chi connectivity index (χ1) is 11.6. The van der Waals surface area contributed by atoms with Gasteiger partial charge in [0, 0.05) is 5.92 Å². The quantitative estimate of drug-likeness (QED) is 0.718. The maximum atomic E-state index is 11.2. The van der Waals surface area contributed by atoms with Gasteiger partial charge in [0.15, 0.2) is 0 Å². The van der Waals surface area contributed by atoms with Crippen molar-refractivity contribution in [3.8, 4) is 16.9 Å². The van der Waals surface area contributed by atoms with Gasteiger partial charge in [-0.3, -0.25) is 0 Å². The van der Waals surface area contributed by atoms with E-state index in [1.807, 2.05) is 25.1 Å². The highest BCUT2D eigenvalue weighted by molar-refractivity contribution is 5.91. The molecule has 3 rings (SSSR count). The lowest BCUT2D eigenvalue weighted by atomic mass is 9.90. The molecule has 3 aromatic carbocycles. The summed E-state index contributed by atoms with van der Waals surface area (Å²) < 4.78 is 0. The highest BCUT2D eigenvalue weighted by atomic mass is 16.4. The van der Waals surface area contributed by atoms with E-state index in [1.54, 1.807) is 6.07 Å². The number of hydrogen-bond acceptors (Lipinski definition) is 2. The summed E-state index contributed by atoms with van der Waals surface area (Å²) in [6.07, 6.45) is 0. The molecular weight excluding hydrogens is 300 g/mol. The SMILES string of the molecule is CC(c1ccc(-c2ccccc2)cc1)c1ccc(O)c(C(=O)O)c1. The van der Waals surface area contributed by atoms with E-state index in [9.17, 15) is 9.90 Å². The van der Waals surface area contributed by atoms with E-state index >= 15 is 0 Å². The maximum absolute atomic E-state index is 11.2. The summed E-state index contributed by atoms with van der Waals surface area (Å²) in [5.41, 5.74) is 4.19. The number of aromatic hydroxyl groups is 1. The van der Waals surface area contributed by atoms with E-state index in [0.717, 1.165) is 22.3 Å². The zero-order valence-electron chi connectivity index (χ0n) is 13.3. The lowest BCUT2D eigenvalue weighted by Gasteiger charge is -2.14. The predicted molar refractivity (Wildman–Crippen MR) is 94.5 cm³/mol. The van der Waals surface area contributed by atoms with E-state index in [0.29, 0.717) is 0 Å². The molecule has 0 radical (unpaired) electrons. The Morgan fingerprint density at radius 2 is 1.42 bits per heavy atom. The number of benzene rings is 3. The van der Waals surface area contributed by atoms with Gasteiger partial charge in [0.1, 0.15) is 11.3 Å². The fourth-order valence-corrected chi connectivity index (χ4v) is 2.78. The molecule has 0 fully saturated rings. The summed E-state index contributed by atoms with van der Waals surface area (Å²) in [7, 11) is 0. The first kappa shape index (κ1) is 15.8. The van der Waals surface area contributed by atoms with Gasteiger partial charge in [0.05, 0.1) is 0 Å². The first-order valence-electron chi connectivity index (χ1n) is 7.78. The minimum atomic E-state index is -1.12. The third kappa shape index (κ3) is 3.15. The minimum Gasteiger partial charge on any atom is -0.507 e. The first-order valence-corrected chi connectivity index (χ1v) is 7.78. The van der Waals surface area contributed by atoms with E-state index in [4.69, 9.17) is 5.11 Å². The molecule has 0 amide bonds. The van der Waals surface area contributed by atoms with Gasteiger partial charge in [0.25, 0.3) is 0 Å². The molecule has 3 aromatic rings. The molecule has 0 aromatic heterocycles. The van der Waals surface area contributed by atoms with Crippen molar-refractivity contribution >= 4 is 5.97 Å². The molecule has 3 heteroatoms. The van der Waals surface area contributed by atoms with Crippen molar-refractivity contribution in [3.05, 3.63) is 89.5 Å². The highest BCUT2D eigenvalue weighted by Crippen LogP contribution is 2.29. The van der Waals surface area contributed by atoms with Crippen LogP contribution in [0.2, 0.25) is 0 Å². The third-order valence-electron chi connectivity index (χ3n) is 4.27. The van der Waals surface area contributed by atoms with Gasteiger partial charge in [0.2, 0.25) is 0 Å². The van der Waals surface area contributed by atoms with Crippen molar-refractivity contribution in [2.45, 2.75) is 12.8 Å². The van der Waals surface area contributed by atoms with Crippen LogP contribution in [-0.4, -0.2) is 16.2 Å². The molecule has 0 saturated carbocycles. The Balaban J connectivity index is 1.89. The molecule has 1 unspecified atom stereocenters. The summed E-state index contributed by atoms with van der Waals surface area (Å²) in [6, 6.07) is 23.1. The standard InChI is InChI=1S/C21H18O3/c1-14(18-11-12-20(22)19(13-18)21(23)24)15-7-9-17(10-8-15)16-5-3-2-4-6-16/h2-14,22H,1H3,(H,23,24). The molecule has 120 valence electrons. The Hall–Kier alpha value is -3.07. The molecule has 1 atom stereocenters. The number of phenols is 1. The second-order valence-corrected chi connectivity index (χ2v) is 5.79. The summed E-state index contributed by atoms with van der Waals surface area (Å²) in [5.74, 6) is -1.30. The van der Waals surface area contributed by atoms with Crippen LogP contribution in [0.4, 0.5) is 0 Å². The van der Waals surface area contributed by atoms with Crippen LogP contribution in [-0.2, 0) is 0 Å². The van der Waals surface area contributed by atoms with Gasteiger partial charge in [-0.25, -0.2) is 4.79 Å². The van der Waals surface area contributed by atoms with Gasteiger partial charge in [-0.2, -0.15) is 0 Å². The van der Waals surface area contributed by atoms with Crippen molar-refractivity contribution in [2.75, 3.05) is 0 Å². The molecule has 0 heterocycles. The normalized spacial score (nSPS) is 11.9. The second-order valence-electron chi connectivity index (χ2n) is 5.79. The average Bonchev–Trinajstić information content (AvgIpc) is 2.62. The number of hydrogen-bond donors (Lipinski definition) is 2. The van der Waals surface area contributed by atoms with Crippen LogP contribution >= 0.6 is 0 Å². The Labute approximate surface area is 140 Å². The number of rotatable bonds is 4. The molecule has 0 spiro atoms. The molecule has 3 nitrogen and oxygen atoms in total. The van der Waals surface area contributed by atoms with Crippen LogP contribution in [0, 0.1) is 0 Å². The van der Waals surface area contributed by atoms with Crippen molar-refractivity contribution in [3.63, 3.8) is 0 Å². The Bertz CT molecular complexity index is 852. The lowest BCUT2D eigenvalue weighted by molar-refractivity contribution is 0.0693. The van der Waals surface area contributed by atoms with Gasteiger partial charge in [-0.1, -0.05) is 67.6 Å². The largest absolute Gasteiger partial charge is 0.507 e. The summed E-state index contributed by atoms with van der Waals surface area (Å²) >= 11 is 0. The Kier molecular flexibility index (Phi) is 4.34. The minimum absolute atomic E-state index is 0.0357. The second kappa shape index (κ2) is 6.59. The molecule has 24 heavy (non-hydrogen) atoms. The molecule has 0 saturated heterocycles. The Morgan fingerprint density at radius 1 is 0.833 bits per heavy atom. The van der Waals surface area contributed by atoms with E-state index < -0.39 is 5.97 Å². The zero-order valence-corrected chi connectivity index (χ0v) is 13.3. The fraction of sp³-hybridized carbons (Fsp3) is 0.0952. The third-order valence-corrected chi connectivity index (χ3v) is 4.27. The smallest absolute Gasteiger partial charge is 0.339 e. The highest BCUT2D eigenvalue weighted by Gasteiger charge is 2.14. The summed E-state index contributed by atoms with van der Waals surface area (Å²) in [5, 5.41) is 18.8. The number of carboxylic acid groups (broad SMARTS) is 1. The van der Waals surface area contributed by atoms with Crippen LogP contribution in [0.5, 0.6) is 5.75 Å². The topological polar surface area (TPSA) is 57.5 Å². The zero-order chi connectivity index (χ0) is 17.1. The van der Waals surface area contributed by atoms with Gasteiger partial charge in [-0.15, -0.1) is 0 Å². The van der Waals surface area contributed by atoms with Crippen LogP contribution in [0.25, 0.3) is 11.1 Å². The van der Waals surface area contributed by atoms with E-state index in [1.165, 1.54) is 12.1 Å². The molecular formula is C21H18O3. The summed E-state index contributed by atoms with van der Waals surface area (Å²) in [4.78, 5) is 11.2. The van der Waals surface area contributed by atoms with Gasteiger partial charge >= 0.3 is 5.97 Å². The van der Waals surface area contributed by atoms with Crippen molar-refractivity contribution in [1.82, 2.24) is 0 Å². The molecule has 0 aliphatic rings. The van der Waals surface area contributed by atoms with Crippen LogP contribution in [0.15, 0.2) is 72.8 Å². The van der Waals surface area contributed by atoms with Gasteiger partial charge in [-0.05, 0) is 34.4 Å². The van der Waals surface area contributed by atoms with Crippen LogP contribution in [0.3, 0.4) is 0 Å². The number of aromatic carboxylic acids is 1. The molecule has 0 aliphatic carbocycles. The van der Waals surface area contributed by atoms with E-state index in [2.05, 4.69) is 36.4 Å². The Morgan fingerprint density at radius 3 is 2.04 bits per heavy atom. The predicted octanol–water partition coefficient (Wildman–Crippen LogP) is 4.91. The molecule has 2 N–H and O–H groups in total.